The number of imide groups is 1. The first-order chi connectivity index (χ1) is 14.1. The molecule has 1 aromatic heterocycles. The summed E-state index contributed by atoms with van der Waals surface area (Å²) in [6.45, 7) is 2.63. The zero-order chi connectivity index (χ0) is 20.4. The van der Waals surface area contributed by atoms with Gasteiger partial charge in [0.15, 0.2) is 0 Å². The van der Waals surface area contributed by atoms with Crippen molar-refractivity contribution >= 4 is 23.4 Å². The van der Waals surface area contributed by atoms with Gasteiger partial charge in [-0.3, -0.25) is 14.4 Å². The van der Waals surface area contributed by atoms with E-state index in [0.29, 0.717) is 29.4 Å². The van der Waals surface area contributed by atoms with Gasteiger partial charge in [0.1, 0.15) is 11.5 Å². The number of hydrogen-bond donors (Lipinski definition) is 1. The van der Waals surface area contributed by atoms with Gasteiger partial charge in [-0.1, -0.05) is 0 Å². The third kappa shape index (κ3) is 3.50. The smallest absolute Gasteiger partial charge is 0.266 e. The molecule has 0 unspecified atom stereocenters. The summed E-state index contributed by atoms with van der Waals surface area (Å²) in [6.07, 6.45) is 1.52. The van der Waals surface area contributed by atoms with Crippen molar-refractivity contribution in [2.75, 3.05) is 11.5 Å². The number of ether oxygens (including phenoxy) is 1. The van der Waals surface area contributed by atoms with Gasteiger partial charge in [-0.25, -0.2) is 4.90 Å². The number of furan rings is 1. The van der Waals surface area contributed by atoms with Crippen LogP contribution in [0.2, 0.25) is 0 Å². The fourth-order valence-electron chi connectivity index (χ4n) is 3.16. The average molecular weight is 390 g/mol. The van der Waals surface area contributed by atoms with Gasteiger partial charge in [0.05, 0.1) is 36.2 Å². The van der Waals surface area contributed by atoms with Crippen LogP contribution in [0.25, 0.3) is 0 Å². The molecule has 0 spiro atoms. The van der Waals surface area contributed by atoms with Crippen molar-refractivity contribution in [2.24, 2.45) is 0 Å². The van der Waals surface area contributed by atoms with Crippen molar-refractivity contribution in [2.45, 2.75) is 13.5 Å². The Labute approximate surface area is 166 Å². The van der Waals surface area contributed by atoms with Gasteiger partial charge in [-0.05, 0) is 61.5 Å². The maximum Gasteiger partial charge on any atom is 0.266 e. The molecule has 29 heavy (non-hydrogen) atoms. The zero-order valence-electron chi connectivity index (χ0n) is 15.7. The summed E-state index contributed by atoms with van der Waals surface area (Å²) in [4.78, 5) is 39.1. The Hall–Kier alpha value is -3.87. The summed E-state index contributed by atoms with van der Waals surface area (Å²) in [6, 6.07) is 14.7. The molecule has 0 bridgehead atoms. The van der Waals surface area contributed by atoms with Crippen LogP contribution in [-0.2, 0) is 6.54 Å². The van der Waals surface area contributed by atoms with E-state index in [2.05, 4.69) is 5.32 Å². The highest BCUT2D eigenvalue weighted by atomic mass is 16.5. The summed E-state index contributed by atoms with van der Waals surface area (Å²) in [7, 11) is 0. The van der Waals surface area contributed by atoms with E-state index in [1.54, 1.807) is 36.4 Å². The van der Waals surface area contributed by atoms with E-state index in [0.717, 1.165) is 4.90 Å². The molecule has 1 aliphatic heterocycles. The third-order valence-electron chi connectivity index (χ3n) is 4.56. The number of carbonyl (C=O) groups excluding carboxylic acids is 3. The fraction of sp³-hybridized carbons (Fsp3) is 0.136. The minimum absolute atomic E-state index is 0.203. The fourth-order valence-corrected chi connectivity index (χ4v) is 3.16. The van der Waals surface area contributed by atoms with Crippen molar-refractivity contribution < 1.29 is 23.5 Å². The van der Waals surface area contributed by atoms with E-state index in [1.807, 2.05) is 6.92 Å². The summed E-state index contributed by atoms with van der Waals surface area (Å²) in [5, 5.41) is 2.72. The SMILES string of the molecule is CCOc1ccc(N2C(=O)c3ccc(C(=O)NCc4ccco4)cc3C2=O)cc1. The first-order valence-electron chi connectivity index (χ1n) is 9.14. The lowest BCUT2D eigenvalue weighted by atomic mass is 10.1. The van der Waals surface area contributed by atoms with Crippen LogP contribution in [0, 0.1) is 0 Å². The van der Waals surface area contributed by atoms with E-state index in [1.165, 1.54) is 24.5 Å². The van der Waals surface area contributed by atoms with Gasteiger partial charge in [0, 0.05) is 5.56 Å². The van der Waals surface area contributed by atoms with Crippen LogP contribution in [0.1, 0.15) is 43.8 Å². The lowest BCUT2D eigenvalue weighted by Crippen LogP contribution is -2.29. The number of rotatable bonds is 6. The average Bonchev–Trinajstić information content (AvgIpc) is 3.34. The summed E-state index contributed by atoms with van der Waals surface area (Å²) < 4.78 is 10.6. The molecule has 146 valence electrons. The second-order valence-electron chi connectivity index (χ2n) is 6.40. The predicted octanol–water partition coefficient (Wildman–Crippen LogP) is 3.41. The van der Waals surface area contributed by atoms with E-state index in [9.17, 15) is 14.4 Å². The minimum Gasteiger partial charge on any atom is -0.494 e. The Morgan fingerprint density at radius 1 is 1.03 bits per heavy atom. The van der Waals surface area contributed by atoms with Gasteiger partial charge in [0.2, 0.25) is 0 Å². The molecular formula is C22H18N2O5. The third-order valence-corrected chi connectivity index (χ3v) is 4.56. The van der Waals surface area contributed by atoms with Gasteiger partial charge < -0.3 is 14.5 Å². The Kier molecular flexibility index (Phi) is 4.87. The van der Waals surface area contributed by atoms with Crippen LogP contribution in [-0.4, -0.2) is 24.3 Å². The van der Waals surface area contributed by atoms with E-state index >= 15 is 0 Å². The Bertz CT molecular complexity index is 1070. The number of benzene rings is 2. The molecule has 1 N–H and O–H groups in total. The lowest BCUT2D eigenvalue weighted by Gasteiger charge is -2.14. The number of hydrogen-bond acceptors (Lipinski definition) is 5. The highest BCUT2D eigenvalue weighted by Crippen LogP contribution is 2.30. The molecule has 0 atom stereocenters. The van der Waals surface area contributed by atoms with E-state index in [4.69, 9.17) is 9.15 Å². The topological polar surface area (TPSA) is 88.8 Å². The molecule has 4 rings (SSSR count). The molecule has 0 fully saturated rings. The van der Waals surface area contributed by atoms with Crippen LogP contribution in [0.15, 0.2) is 65.3 Å². The number of nitrogens with zero attached hydrogens (tertiary/aromatic N) is 1. The van der Waals surface area contributed by atoms with Crippen molar-refractivity contribution in [1.82, 2.24) is 5.32 Å². The van der Waals surface area contributed by atoms with Gasteiger partial charge in [-0.2, -0.15) is 0 Å². The summed E-state index contributed by atoms with van der Waals surface area (Å²) in [5.74, 6) is 0.0336. The quantitative estimate of drug-likeness (QED) is 0.652. The zero-order valence-corrected chi connectivity index (χ0v) is 15.7. The minimum atomic E-state index is -0.463. The van der Waals surface area contributed by atoms with Gasteiger partial charge in [0.25, 0.3) is 17.7 Å². The summed E-state index contributed by atoms with van der Waals surface area (Å²) >= 11 is 0. The molecule has 1 aliphatic rings. The van der Waals surface area contributed by atoms with Crippen molar-refractivity contribution in [3.8, 4) is 5.75 Å². The summed E-state index contributed by atoms with van der Waals surface area (Å²) in [5.41, 5.74) is 1.22. The number of nitrogens with one attached hydrogen (secondary N) is 1. The van der Waals surface area contributed by atoms with Crippen LogP contribution >= 0.6 is 0 Å². The number of carbonyl (C=O) groups is 3. The molecule has 3 aromatic rings. The van der Waals surface area contributed by atoms with E-state index < -0.39 is 11.8 Å². The Morgan fingerprint density at radius 2 is 1.79 bits per heavy atom. The Balaban J connectivity index is 1.55. The van der Waals surface area contributed by atoms with Crippen LogP contribution in [0.4, 0.5) is 5.69 Å². The number of fused-ring (bicyclic) bond motifs is 1. The van der Waals surface area contributed by atoms with Gasteiger partial charge >= 0.3 is 0 Å². The predicted molar refractivity (Wildman–Crippen MR) is 105 cm³/mol. The maximum atomic E-state index is 12.9. The van der Waals surface area contributed by atoms with Gasteiger partial charge in [-0.15, -0.1) is 0 Å². The molecule has 0 saturated heterocycles. The number of amides is 3. The molecule has 0 radical (unpaired) electrons. The molecular weight excluding hydrogens is 372 g/mol. The maximum absolute atomic E-state index is 12.9. The molecule has 7 nitrogen and oxygen atoms in total. The first-order valence-corrected chi connectivity index (χ1v) is 9.14. The molecule has 0 aliphatic carbocycles. The van der Waals surface area contributed by atoms with E-state index in [-0.39, 0.29) is 23.6 Å². The van der Waals surface area contributed by atoms with Crippen molar-refractivity contribution in [1.29, 1.82) is 0 Å². The normalized spacial score (nSPS) is 12.8. The van der Waals surface area contributed by atoms with Crippen LogP contribution in [0.3, 0.4) is 0 Å². The highest BCUT2D eigenvalue weighted by Gasteiger charge is 2.37. The standard InChI is InChI=1S/C22H18N2O5/c1-2-28-16-8-6-15(7-9-16)24-21(26)18-10-5-14(12-19(18)22(24)27)20(25)23-13-17-4-3-11-29-17/h3-12H,2,13H2,1H3,(H,23,25). The molecule has 2 aromatic carbocycles. The van der Waals surface area contributed by atoms with Crippen molar-refractivity contribution in [3.63, 3.8) is 0 Å². The second-order valence-corrected chi connectivity index (χ2v) is 6.40. The largest absolute Gasteiger partial charge is 0.494 e. The monoisotopic (exact) mass is 390 g/mol. The second kappa shape index (κ2) is 7.63. The van der Waals surface area contributed by atoms with Crippen LogP contribution in [0.5, 0.6) is 5.75 Å². The lowest BCUT2D eigenvalue weighted by molar-refractivity contribution is 0.0923. The number of anilines is 1. The highest BCUT2D eigenvalue weighted by molar-refractivity contribution is 6.34. The first kappa shape index (κ1) is 18.5. The molecule has 7 heteroatoms. The Morgan fingerprint density at radius 3 is 2.48 bits per heavy atom. The van der Waals surface area contributed by atoms with Crippen LogP contribution < -0.4 is 15.0 Å². The molecule has 2 heterocycles. The van der Waals surface area contributed by atoms with Crippen molar-refractivity contribution in [3.05, 3.63) is 83.3 Å². The molecule has 0 saturated carbocycles. The molecule has 3 amide bonds.